The van der Waals surface area contributed by atoms with Gasteiger partial charge in [-0.15, -0.1) is 0 Å². The fraction of sp³-hybridized carbons (Fsp3) is 0.400. The number of aromatic nitrogens is 1. The van der Waals surface area contributed by atoms with Crippen LogP contribution >= 0.6 is 0 Å². The second-order valence-corrected chi connectivity index (χ2v) is 8.53. The molecule has 1 aliphatic rings. The van der Waals surface area contributed by atoms with Crippen LogP contribution in [0.25, 0.3) is 10.9 Å². The summed E-state index contributed by atoms with van der Waals surface area (Å²) < 4.78 is 5.98. The number of hydrogen-bond donors (Lipinski definition) is 1. The molecule has 1 N–H and O–H groups in total. The van der Waals surface area contributed by atoms with Crippen LogP contribution < -0.4 is 9.64 Å². The summed E-state index contributed by atoms with van der Waals surface area (Å²) in [6, 6.07) is 16.4. The first-order valence-electron chi connectivity index (χ1n) is 10.6. The smallest absolute Gasteiger partial charge is 0.150 e. The highest BCUT2D eigenvalue weighted by Crippen LogP contribution is 2.27. The number of para-hydroxylation sites is 1. The second kappa shape index (κ2) is 8.25. The van der Waals surface area contributed by atoms with Crippen molar-refractivity contribution in [3.05, 3.63) is 65.4 Å². The Morgan fingerprint density at radius 2 is 1.63 bits per heavy atom. The molecule has 158 valence electrons. The molecule has 2 aromatic carbocycles. The van der Waals surface area contributed by atoms with Gasteiger partial charge in [-0.3, -0.25) is 9.88 Å². The van der Waals surface area contributed by atoms with E-state index in [-0.39, 0.29) is 6.61 Å². The van der Waals surface area contributed by atoms with E-state index in [1.807, 2.05) is 38.1 Å². The summed E-state index contributed by atoms with van der Waals surface area (Å²) in [6.45, 7) is 11.7. The molecule has 1 fully saturated rings. The number of hydrogen-bond acceptors (Lipinski definition) is 5. The molecule has 0 saturated carbocycles. The minimum Gasteiger partial charge on any atom is -0.489 e. The molecule has 5 nitrogen and oxygen atoms in total. The summed E-state index contributed by atoms with van der Waals surface area (Å²) in [5, 5.41) is 12.2. The number of pyridine rings is 1. The molecule has 1 saturated heterocycles. The number of aryl methyl sites for hydroxylation is 3. The van der Waals surface area contributed by atoms with Gasteiger partial charge in [0.15, 0.2) is 0 Å². The first kappa shape index (κ1) is 20.6. The molecule has 0 radical (unpaired) electrons. The zero-order valence-corrected chi connectivity index (χ0v) is 18.4. The number of nitrogens with zero attached hydrogens (tertiary/aromatic N) is 3. The van der Waals surface area contributed by atoms with Crippen molar-refractivity contribution in [2.75, 3.05) is 37.7 Å². The number of fused-ring (bicyclic) bond motifs is 1. The van der Waals surface area contributed by atoms with Crippen molar-refractivity contribution in [1.29, 1.82) is 0 Å². The van der Waals surface area contributed by atoms with E-state index >= 15 is 0 Å². The molecule has 3 aromatic rings. The maximum Gasteiger partial charge on any atom is 0.150 e. The lowest BCUT2D eigenvalue weighted by atomic mass is 10.1. The molecule has 0 bridgehead atoms. The van der Waals surface area contributed by atoms with Gasteiger partial charge in [0.25, 0.3) is 0 Å². The zero-order valence-electron chi connectivity index (χ0n) is 18.4. The maximum absolute atomic E-state index is 11.1. The number of ether oxygens (including phenoxy) is 1. The number of benzene rings is 2. The van der Waals surface area contributed by atoms with Crippen molar-refractivity contribution in [3.63, 3.8) is 0 Å². The van der Waals surface area contributed by atoms with Gasteiger partial charge in [0.05, 0.1) is 5.52 Å². The first-order valence-corrected chi connectivity index (χ1v) is 10.6. The summed E-state index contributed by atoms with van der Waals surface area (Å²) in [5.41, 5.74) is 4.80. The average molecular weight is 406 g/mol. The van der Waals surface area contributed by atoms with Crippen LogP contribution in [-0.2, 0) is 0 Å². The van der Waals surface area contributed by atoms with Crippen LogP contribution in [0.5, 0.6) is 5.75 Å². The Labute approximate surface area is 178 Å². The number of rotatable bonds is 5. The van der Waals surface area contributed by atoms with Gasteiger partial charge in [-0.2, -0.15) is 0 Å². The van der Waals surface area contributed by atoms with E-state index in [1.54, 1.807) is 0 Å². The second-order valence-electron chi connectivity index (χ2n) is 8.53. The minimum absolute atomic E-state index is 0.216. The summed E-state index contributed by atoms with van der Waals surface area (Å²) in [4.78, 5) is 9.10. The molecular weight excluding hydrogens is 374 g/mol. The van der Waals surface area contributed by atoms with E-state index in [9.17, 15) is 5.11 Å². The van der Waals surface area contributed by atoms with Gasteiger partial charge in [-0.1, -0.05) is 24.3 Å². The van der Waals surface area contributed by atoms with Crippen molar-refractivity contribution >= 4 is 16.6 Å². The van der Waals surface area contributed by atoms with Gasteiger partial charge in [0.1, 0.15) is 18.1 Å². The Hall–Kier alpha value is -2.63. The molecule has 0 amide bonds. The Morgan fingerprint density at radius 3 is 2.33 bits per heavy atom. The van der Waals surface area contributed by atoms with Gasteiger partial charge >= 0.3 is 0 Å². The van der Waals surface area contributed by atoms with Crippen LogP contribution in [0, 0.1) is 20.8 Å². The standard InChI is InChI=1S/C25H31N3O2/c1-18-6-5-7-19(2)24(18)27-12-14-28(15-13-27)25(4,29)17-30-22-11-10-21-9-8-20(3)26-23(21)16-22/h5-11,16,29H,12-15,17H2,1-4H3. The Bertz CT molecular complexity index is 1020. The van der Waals surface area contributed by atoms with Crippen LogP contribution in [0.2, 0.25) is 0 Å². The van der Waals surface area contributed by atoms with Crippen LogP contribution in [0.15, 0.2) is 48.5 Å². The maximum atomic E-state index is 11.1. The van der Waals surface area contributed by atoms with Gasteiger partial charge in [-0.05, 0) is 57.0 Å². The molecule has 1 aliphatic heterocycles. The van der Waals surface area contributed by atoms with Gasteiger partial charge in [0, 0.05) is 49.0 Å². The van der Waals surface area contributed by atoms with Gasteiger partial charge in [0.2, 0.25) is 0 Å². The molecule has 1 unspecified atom stereocenters. The molecule has 0 spiro atoms. The molecule has 2 heterocycles. The average Bonchev–Trinajstić information content (AvgIpc) is 2.72. The number of piperazine rings is 1. The monoisotopic (exact) mass is 405 g/mol. The normalized spacial score (nSPS) is 17.2. The van der Waals surface area contributed by atoms with E-state index in [1.165, 1.54) is 16.8 Å². The SMILES string of the molecule is Cc1ccc2ccc(OCC(C)(O)N3CCN(c4c(C)cccc4C)CC3)cc2n1. The number of anilines is 1. The van der Waals surface area contributed by atoms with Crippen molar-refractivity contribution in [2.45, 2.75) is 33.4 Å². The van der Waals surface area contributed by atoms with Crippen molar-refractivity contribution in [3.8, 4) is 5.75 Å². The Kier molecular flexibility index (Phi) is 5.67. The summed E-state index contributed by atoms with van der Waals surface area (Å²) in [5.74, 6) is 0.732. The third kappa shape index (κ3) is 4.27. The molecule has 0 aliphatic carbocycles. The summed E-state index contributed by atoms with van der Waals surface area (Å²) >= 11 is 0. The Balaban J connectivity index is 1.39. The van der Waals surface area contributed by atoms with E-state index < -0.39 is 5.72 Å². The van der Waals surface area contributed by atoms with E-state index in [2.05, 4.69) is 52.9 Å². The molecule has 1 atom stereocenters. The molecule has 4 rings (SSSR count). The number of aliphatic hydroxyl groups is 1. The topological polar surface area (TPSA) is 48.8 Å². The van der Waals surface area contributed by atoms with Gasteiger partial charge in [-0.25, -0.2) is 0 Å². The fourth-order valence-corrected chi connectivity index (χ4v) is 4.32. The predicted octanol–water partition coefficient (Wildman–Crippen LogP) is 4.07. The minimum atomic E-state index is -1.03. The molecule has 30 heavy (non-hydrogen) atoms. The molecular formula is C25H31N3O2. The molecule has 1 aromatic heterocycles. The highest BCUT2D eigenvalue weighted by Gasteiger charge is 2.33. The third-order valence-corrected chi connectivity index (χ3v) is 6.03. The van der Waals surface area contributed by atoms with Crippen LogP contribution in [-0.4, -0.2) is 53.5 Å². The van der Waals surface area contributed by atoms with Crippen LogP contribution in [0.4, 0.5) is 5.69 Å². The lowest BCUT2D eigenvalue weighted by Crippen LogP contribution is -2.58. The third-order valence-electron chi connectivity index (χ3n) is 6.03. The lowest BCUT2D eigenvalue weighted by molar-refractivity contribution is -0.120. The van der Waals surface area contributed by atoms with Crippen LogP contribution in [0.3, 0.4) is 0 Å². The fourth-order valence-electron chi connectivity index (χ4n) is 4.32. The summed E-state index contributed by atoms with van der Waals surface area (Å²) in [7, 11) is 0. The van der Waals surface area contributed by atoms with Crippen molar-refractivity contribution in [1.82, 2.24) is 9.88 Å². The predicted molar refractivity (Wildman–Crippen MR) is 122 cm³/mol. The lowest BCUT2D eigenvalue weighted by Gasteiger charge is -2.43. The highest BCUT2D eigenvalue weighted by atomic mass is 16.5. The van der Waals surface area contributed by atoms with Gasteiger partial charge < -0.3 is 14.7 Å². The largest absolute Gasteiger partial charge is 0.489 e. The Morgan fingerprint density at radius 1 is 0.967 bits per heavy atom. The van der Waals surface area contributed by atoms with E-state index in [4.69, 9.17) is 4.74 Å². The van der Waals surface area contributed by atoms with E-state index in [0.717, 1.165) is 48.5 Å². The van der Waals surface area contributed by atoms with E-state index in [0.29, 0.717) is 0 Å². The quantitative estimate of drug-likeness (QED) is 0.693. The summed E-state index contributed by atoms with van der Waals surface area (Å²) in [6.07, 6.45) is 0. The first-order chi connectivity index (χ1) is 14.3. The zero-order chi connectivity index (χ0) is 21.3. The molecule has 5 heteroatoms. The highest BCUT2D eigenvalue weighted by molar-refractivity contribution is 5.80. The van der Waals surface area contributed by atoms with Crippen molar-refractivity contribution in [2.24, 2.45) is 0 Å². The van der Waals surface area contributed by atoms with Crippen LogP contribution in [0.1, 0.15) is 23.7 Å². The van der Waals surface area contributed by atoms with Crippen molar-refractivity contribution < 1.29 is 9.84 Å².